The summed E-state index contributed by atoms with van der Waals surface area (Å²) < 4.78 is 0. The van der Waals surface area contributed by atoms with Crippen molar-refractivity contribution in [3.05, 3.63) is 29.6 Å². The summed E-state index contributed by atoms with van der Waals surface area (Å²) in [6, 6.07) is 3.80. The standard InChI is InChI=1S/C15H20N6O2S/c1-10-2-3-11(17-8-10)15(23)4-6-21(7-5-15)12(22)9-24-14-18-13(16)19-20-14/h2-3,8,23H,4-7,9H2,1H3,(H3,16,18,19,20). The van der Waals surface area contributed by atoms with E-state index in [0.29, 0.717) is 36.8 Å². The molecule has 1 amide bonds. The van der Waals surface area contributed by atoms with Gasteiger partial charge >= 0.3 is 0 Å². The number of aromatic amines is 1. The summed E-state index contributed by atoms with van der Waals surface area (Å²) in [5, 5.41) is 17.7. The molecule has 2 aromatic rings. The fraction of sp³-hybridized carbons (Fsp3) is 0.467. The van der Waals surface area contributed by atoms with E-state index >= 15 is 0 Å². The highest BCUT2D eigenvalue weighted by Crippen LogP contribution is 2.31. The molecule has 0 saturated carbocycles. The van der Waals surface area contributed by atoms with Crippen LogP contribution in [-0.2, 0) is 10.4 Å². The average molecular weight is 348 g/mol. The molecule has 0 atom stereocenters. The Bertz CT molecular complexity index is 709. The van der Waals surface area contributed by atoms with Gasteiger partial charge in [-0.3, -0.25) is 9.78 Å². The number of H-pyrrole nitrogens is 1. The number of aromatic nitrogens is 4. The molecule has 128 valence electrons. The van der Waals surface area contributed by atoms with Crippen molar-refractivity contribution < 1.29 is 9.90 Å². The number of nitrogens with zero attached hydrogens (tertiary/aromatic N) is 4. The maximum absolute atomic E-state index is 12.3. The Labute approximate surface area is 143 Å². The zero-order valence-corrected chi connectivity index (χ0v) is 14.2. The smallest absolute Gasteiger partial charge is 0.233 e. The number of nitrogen functional groups attached to an aromatic ring is 1. The number of nitrogens with two attached hydrogens (primary N) is 1. The van der Waals surface area contributed by atoms with Gasteiger partial charge in [0.25, 0.3) is 0 Å². The van der Waals surface area contributed by atoms with E-state index in [2.05, 4.69) is 20.2 Å². The number of carbonyl (C=O) groups excluding carboxylic acids is 1. The van der Waals surface area contributed by atoms with E-state index in [1.807, 2.05) is 19.1 Å². The molecule has 0 spiro atoms. The molecule has 0 aromatic carbocycles. The van der Waals surface area contributed by atoms with Gasteiger partial charge in [-0.05, 0) is 31.4 Å². The third-order valence-electron chi connectivity index (χ3n) is 4.14. The molecule has 24 heavy (non-hydrogen) atoms. The second-order valence-corrected chi connectivity index (χ2v) is 6.87. The molecule has 2 aromatic heterocycles. The number of hydrogen-bond acceptors (Lipinski definition) is 7. The Hall–Kier alpha value is -2.13. The predicted octanol–water partition coefficient (Wildman–Crippen LogP) is 0.693. The number of nitrogens with one attached hydrogen (secondary N) is 1. The minimum Gasteiger partial charge on any atom is -0.383 e. The van der Waals surface area contributed by atoms with Gasteiger partial charge in [-0.25, -0.2) is 5.10 Å². The fourth-order valence-electron chi connectivity index (χ4n) is 2.67. The fourth-order valence-corrected chi connectivity index (χ4v) is 3.37. The summed E-state index contributed by atoms with van der Waals surface area (Å²) in [5.41, 5.74) is 6.22. The van der Waals surface area contributed by atoms with Gasteiger partial charge in [-0.15, -0.1) is 5.10 Å². The number of hydrogen-bond donors (Lipinski definition) is 3. The lowest BCUT2D eigenvalue weighted by molar-refractivity contribution is -0.133. The molecule has 4 N–H and O–H groups in total. The Kier molecular flexibility index (Phi) is 4.72. The molecule has 3 rings (SSSR count). The van der Waals surface area contributed by atoms with Crippen LogP contribution in [0.3, 0.4) is 0 Å². The maximum atomic E-state index is 12.3. The normalized spacial score (nSPS) is 17.0. The van der Waals surface area contributed by atoms with E-state index < -0.39 is 5.60 Å². The van der Waals surface area contributed by atoms with Crippen molar-refractivity contribution in [3.8, 4) is 0 Å². The van der Waals surface area contributed by atoms with Crippen molar-refractivity contribution in [2.75, 3.05) is 24.6 Å². The third kappa shape index (κ3) is 3.68. The van der Waals surface area contributed by atoms with Crippen molar-refractivity contribution >= 4 is 23.6 Å². The number of aryl methyl sites for hydroxylation is 1. The van der Waals surface area contributed by atoms with E-state index in [0.717, 1.165) is 5.56 Å². The lowest BCUT2D eigenvalue weighted by Crippen LogP contribution is -2.46. The molecule has 1 fully saturated rings. The molecule has 3 heterocycles. The van der Waals surface area contributed by atoms with E-state index in [1.165, 1.54) is 11.8 Å². The van der Waals surface area contributed by atoms with Crippen LogP contribution < -0.4 is 5.73 Å². The van der Waals surface area contributed by atoms with Gasteiger partial charge in [-0.1, -0.05) is 17.8 Å². The predicted molar refractivity (Wildman–Crippen MR) is 90.2 cm³/mol. The molecule has 0 radical (unpaired) electrons. The first-order valence-corrected chi connectivity index (χ1v) is 8.69. The third-order valence-corrected chi connectivity index (χ3v) is 4.97. The second-order valence-electron chi connectivity index (χ2n) is 5.93. The summed E-state index contributed by atoms with van der Waals surface area (Å²) in [6.07, 6.45) is 2.71. The Balaban J connectivity index is 1.54. The first-order chi connectivity index (χ1) is 11.5. The van der Waals surface area contributed by atoms with Crippen LogP contribution in [0.15, 0.2) is 23.5 Å². The lowest BCUT2D eigenvalue weighted by Gasteiger charge is -2.37. The number of anilines is 1. The molecule has 1 saturated heterocycles. The number of rotatable bonds is 4. The second kappa shape index (κ2) is 6.78. The Morgan fingerprint density at radius 2 is 2.21 bits per heavy atom. The largest absolute Gasteiger partial charge is 0.383 e. The van der Waals surface area contributed by atoms with Crippen molar-refractivity contribution in [3.63, 3.8) is 0 Å². The summed E-state index contributed by atoms with van der Waals surface area (Å²) in [4.78, 5) is 22.3. The summed E-state index contributed by atoms with van der Waals surface area (Å²) >= 11 is 1.24. The molecule has 1 aliphatic heterocycles. The van der Waals surface area contributed by atoms with Gasteiger partial charge in [0, 0.05) is 19.3 Å². The SMILES string of the molecule is Cc1ccc(C2(O)CCN(C(=O)CSc3n[nH]c(N)n3)CC2)nc1. The Morgan fingerprint density at radius 3 is 2.79 bits per heavy atom. The lowest BCUT2D eigenvalue weighted by atomic mass is 9.87. The first kappa shape index (κ1) is 16.7. The van der Waals surface area contributed by atoms with Crippen LogP contribution in [0.4, 0.5) is 5.95 Å². The minimum absolute atomic E-state index is 0.00212. The van der Waals surface area contributed by atoms with Crippen LogP contribution in [0.5, 0.6) is 0 Å². The zero-order valence-electron chi connectivity index (χ0n) is 13.4. The molecule has 9 heteroatoms. The summed E-state index contributed by atoms with van der Waals surface area (Å²) in [7, 11) is 0. The topological polar surface area (TPSA) is 121 Å². The Morgan fingerprint density at radius 1 is 1.46 bits per heavy atom. The number of thioether (sulfide) groups is 1. The molecule has 0 aliphatic carbocycles. The molecule has 0 unspecified atom stereocenters. The molecular weight excluding hydrogens is 328 g/mol. The number of amides is 1. The summed E-state index contributed by atoms with van der Waals surface area (Å²) in [5.74, 6) is 0.485. The minimum atomic E-state index is -0.962. The van der Waals surface area contributed by atoms with Crippen LogP contribution >= 0.6 is 11.8 Å². The van der Waals surface area contributed by atoms with Crippen molar-refractivity contribution in [2.24, 2.45) is 0 Å². The number of piperidine rings is 1. The monoisotopic (exact) mass is 348 g/mol. The molecule has 8 nitrogen and oxygen atoms in total. The first-order valence-electron chi connectivity index (χ1n) is 7.70. The van der Waals surface area contributed by atoms with Crippen LogP contribution in [0, 0.1) is 6.92 Å². The summed E-state index contributed by atoms with van der Waals surface area (Å²) in [6.45, 7) is 2.96. The van der Waals surface area contributed by atoms with Crippen molar-refractivity contribution in [1.82, 2.24) is 25.1 Å². The molecule has 1 aliphatic rings. The van der Waals surface area contributed by atoms with Gasteiger partial charge in [0.1, 0.15) is 5.60 Å². The van der Waals surface area contributed by atoms with Gasteiger partial charge in [-0.2, -0.15) is 4.98 Å². The quantitative estimate of drug-likeness (QED) is 0.695. The number of likely N-dealkylation sites (tertiary alicyclic amines) is 1. The van der Waals surface area contributed by atoms with Crippen molar-refractivity contribution in [1.29, 1.82) is 0 Å². The molecular formula is C15H20N6O2S. The van der Waals surface area contributed by atoms with Gasteiger partial charge in [0.05, 0.1) is 11.4 Å². The van der Waals surface area contributed by atoms with E-state index in [1.54, 1.807) is 11.1 Å². The number of pyridine rings is 1. The van der Waals surface area contributed by atoms with Gasteiger partial charge < -0.3 is 15.7 Å². The highest BCUT2D eigenvalue weighted by Gasteiger charge is 2.36. The van der Waals surface area contributed by atoms with Gasteiger partial charge in [0.15, 0.2) is 0 Å². The maximum Gasteiger partial charge on any atom is 0.233 e. The van der Waals surface area contributed by atoms with E-state index in [4.69, 9.17) is 5.73 Å². The highest BCUT2D eigenvalue weighted by molar-refractivity contribution is 7.99. The molecule has 0 bridgehead atoms. The van der Waals surface area contributed by atoms with Crippen LogP contribution in [-0.4, -0.2) is 54.9 Å². The van der Waals surface area contributed by atoms with Gasteiger partial charge in [0.2, 0.25) is 17.0 Å². The van der Waals surface area contributed by atoms with Crippen LogP contribution in [0.1, 0.15) is 24.1 Å². The zero-order chi connectivity index (χ0) is 17.2. The highest BCUT2D eigenvalue weighted by atomic mass is 32.2. The van der Waals surface area contributed by atoms with Crippen molar-refractivity contribution in [2.45, 2.75) is 30.5 Å². The van der Waals surface area contributed by atoms with E-state index in [9.17, 15) is 9.90 Å². The average Bonchev–Trinajstić information content (AvgIpc) is 2.99. The number of carbonyl (C=O) groups is 1. The van der Waals surface area contributed by atoms with Crippen LogP contribution in [0.25, 0.3) is 0 Å². The van der Waals surface area contributed by atoms with Crippen LogP contribution in [0.2, 0.25) is 0 Å². The van der Waals surface area contributed by atoms with E-state index in [-0.39, 0.29) is 17.6 Å². The number of aliphatic hydroxyl groups is 1.